The topological polar surface area (TPSA) is 192 Å². The van der Waals surface area contributed by atoms with E-state index in [1.165, 1.54) is 25.5 Å². The predicted molar refractivity (Wildman–Crippen MR) is 187 cm³/mol. The zero-order chi connectivity index (χ0) is 35.5. The molecule has 0 spiro atoms. The number of carbonyl (C=O) groups is 2. The number of halogens is 1. The largest absolute Gasteiger partial charge is 0.490 e. The van der Waals surface area contributed by atoms with E-state index in [-0.39, 0.29) is 24.5 Å². The van der Waals surface area contributed by atoms with Crippen molar-refractivity contribution in [3.8, 4) is 23.0 Å². The number of nitrogens with zero attached hydrogens (tertiary/aromatic N) is 2. The summed E-state index contributed by atoms with van der Waals surface area (Å²) in [5.41, 5.74) is 5.08. The number of methoxy groups -OCH3 is 1. The SMILES string of the molecule is CCOc1cc([C@@H]2NC(=O)NC(C)=C2C(=O)OC)ccc1OC[C@@H](O)N/N=C\c1cc(I)c(OCc2cccc([N+](=O)[O-])c2)c(OCC)c1. The van der Waals surface area contributed by atoms with Gasteiger partial charge in [-0.15, -0.1) is 0 Å². The summed E-state index contributed by atoms with van der Waals surface area (Å²) in [6.07, 6.45) is 0.300. The Labute approximate surface area is 295 Å². The third-order valence-electron chi connectivity index (χ3n) is 6.95. The number of hydrogen-bond donors (Lipinski definition) is 4. The second kappa shape index (κ2) is 17.3. The zero-order valence-electron chi connectivity index (χ0n) is 27.2. The molecule has 0 saturated heterocycles. The van der Waals surface area contributed by atoms with Gasteiger partial charge < -0.3 is 39.4 Å². The summed E-state index contributed by atoms with van der Waals surface area (Å²) in [5, 5.41) is 31.1. The van der Waals surface area contributed by atoms with E-state index in [4.69, 9.17) is 23.7 Å². The van der Waals surface area contributed by atoms with Crippen molar-refractivity contribution in [3.63, 3.8) is 0 Å². The smallest absolute Gasteiger partial charge is 0.337 e. The fourth-order valence-corrected chi connectivity index (χ4v) is 5.58. The van der Waals surface area contributed by atoms with Crippen LogP contribution in [-0.4, -0.2) is 61.4 Å². The molecule has 0 radical (unpaired) electrons. The summed E-state index contributed by atoms with van der Waals surface area (Å²) in [6, 6.07) is 13.5. The van der Waals surface area contributed by atoms with Crippen LogP contribution in [0.1, 0.15) is 43.5 Å². The third-order valence-corrected chi connectivity index (χ3v) is 7.75. The molecule has 4 rings (SSSR count). The number of aliphatic hydroxyl groups excluding tert-OH is 1. The Balaban J connectivity index is 1.40. The molecule has 1 heterocycles. The summed E-state index contributed by atoms with van der Waals surface area (Å²) in [6.45, 7) is 5.84. The minimum absolute atomic E-state index is 0.0210. The molecule has 1 aliphatic heterocycles. The van der Waals surface area contributed by atoms with Crippen LogP contribution in [0.2, 0.25) is 0 Å². The monoisotopic (exact) mass is 789 g/mol. The lowest BCUT2D eigenvalue weighted by atomic mass is 9.95. The van der Waals surface area contributed by atoms with Crippen LogP contribution in [0.5, 0.6) is 23.0 Å². The number of non-ortho nitro benzene ring substituents is 1. The van der Waals surface area contributed by atoms with E-state index in [1.54, 1.807) is 50.2 Å². The normalized spacial score (nSPS) is 14.8. The highest BCUT2D eigenvalue weighted by molar-refractivity contribution is 14.1. The first kappa shape index (κ1) is 36.7. The third kappa shape index (κ3) is 9.73. The van der Waals surface area contributed by atoms with Gasteiger partial charge in [0.15, 0.2) is 29.2 Å². The minimum Gasteiger partial charge on any atom is -0.490 e. The first-order valence-electron chi connectivity index (χ1n) is 15.1. The van der Waals surface area contributed by atoms with Crippen LogP contribution in [-0.2, 0) is 16.1 Å². The minimum atomic E-state index is -1.20. The highest BCUT2D eigenvalue weighted by atomic mass is 127. The van der Waals surface area contributed by atoms with Gasteiger partial charge in [-0.05, 0) is 84.3 Å². The van der Waals surface area contributed by atoms with Crippen LogP contribution in [0.3, 0.4) is 0 Å². The molecule has 3 aromatic carbocycles. The number of hydrazone groups is 1. The molecule has 2 atom stereocenters. The second-order valence-corrected chi connectivity index (χ2v) is 11.6. The van der Waals surface area contributed by atoms with E-state index in [0.717, 1.165) is 3.57 Å². The molecule has 3 aromatic rings. The van der Waals surface area contributed by atoms with Crippen LogP contribution >= 0.6 is 22.6 Å². The molecule has 0 aromatic heterocycles. The van der Waals surface area contributed by atoms with Gasteiger partial charge >= 0.3 is 12.0 Å². The Kier molecular flexibility index (Phi) is 13.0. The molecular formula is C33H36IN5O10. The number of nitro groups is 1. The first-order chi connectivity index (χ1) is 23.5. The Bertz CT molecular complexity index is 1750. The number of urea groups is 1. The van der Waals surface area contributed by atoms with Crippen LogP contribution < -0.4 is 35.0 Å². The number of allylic oxidation sites excluding steroid dienone is 1. The number of rotatable bonds is 16. The molecule has 49 heavy (non-hydrogen) atoms. The second-order valence-electron chi connectivity index (χ2n) is 10.4. The van der Waals surface area contributed by atoms with E-state index in [2.05, 4.69) is 43.8 Å². The number of aliphatic hydroxyl groups is 1. The quantitative estimate of drug-likeness (QED) is 0.0393. The number of nitro benzene ring substituents is 1. The van der Waals surface area contributed by atoms with Gasteiger partial charge in [-0.3, -0.25) is 15.5 Å². The highest BCUT2D eigenvalue weighted by Gasteiger charge is 2.32. The molecule has 0 bridgehead atoms. The Morgan fingerprint density at radius 3 is 2.55 bits per heavy atom. The van der Waals surface area contributed by atoms with Gasteiger partial charge in [0.05, 0.1) is 46.6 Å². The van der Waals surface area contributed by atoms with E-state index >= 15 is 0 Å². The zero-order valence-corrected chi connectivity index (χ0v) is 29.3. The summed E-state index contributed by atoms with van der Waals surface area (Å²) >= 11 is 2.10. The first-order valence-corrected chi connectivity index (χ1v) is 16.2. The highest BCUT2D eigenvalue weighted by Crippen LogP contribution is 2.36. The number of nitrogens with one attached hydrogen (secondary N) is 3. The predicted octanol–water partition coefficient (Wildman–Crippen LogP) is 4.70. The standard InChI is InChI=1S/C33H36IN5O10/c1-5-46-26-15-22(30-29(32(41)45-4)19(3)36-33(42)37-30)10-11-25(26)48-18-28(40)38-35-16-21-13-24(34)31(27(14-21)47-6-2)49-17-20-8-7-9-23(12-20)39(43)44/h7-16,28,30,38,40H,5-6,17-18H2,1-4H3,(H2,36,37,42)/b35-16-/t28-,30+/m1/s1. The van der Waals surface area contributed by atoms with Gasteiger partial charge in [0.25, 0.3) is 5.69 Å². The summed E-state index contributed by atoms with van der Waals surface area (Å²) in [7, 11) is 1.26. The lowest BCUT2D eigenvalue weighted by Gasteiger charge is -2.28. The fourth-order valence-electron chi connectivity index (χ4n) is 4.80. The van der Waals surface area contributed by atoms with Crippen LogP contribution in [0, 0.1) is 13.7 Å². The molecule has 16 heteroatoms. The number of esters is 1. The van der Waals surface area contributed by atoms with E-state index < -0.39 is 29.2 Å². The van der Waals surface area contributed by atoms with Crippen LogP contribution in [0.25, 0.3) is 0 Å². The molecule has 0 fully saturated rings. The van der Waals surface area contributed by atoms with Crippen molar-refractivity contribution in [1.82, 2.24) is 16.1 Å². The molecule has 2 amide bonds. The average Bonchev–Trinajstić information content (AvgIpc) is 3.07. The lowest BCUT2D eigenvalue weighted by molar-refractivity contribution is -0.384. The molecule has 0 saturated carbocycles. The summed E-state index contributed by atoms with van der Waals surface area (Å²) < 4.78 is 29.0. The number of amides is 2. The van der Waals surface area contributed by atoms with Crippen molar-refractivity contribution >= 4 is 46.5 Å². The van der Waals surface area contributed by atoms with Crippen molar-refractivity contribution < 1.29 is 43.3 Å². The van der Waals surface area contributed by atoms with Crippen molar-refractivity contribution in [3.05, 3.63) is 96.2 Å². The molecule has 0 aliphatic carbocycles. The van der Waals surface area contributed by atoms with E-state index in [1.807, 2.05) is 13.0 Å². The lowest BCUT2D eigenvalue weighted by Crippen LogP contribution is -2.45. The molecular weight excluding hydrogens is 753 g/mol. The maximum atomic E-state index is 12.5. The van der Waals surface area contributed by atoms with Crippen molar-refractivity contribution in [1.29, 1.82) is 0 Å². The van der Waals surface area contributed by atoms with Gasteiger partial charge in [-0.2, -0.15) is 5.10 Å². The Morgan fingerprint density at radius 1 is 1.08 bits per heavy atom. The van der Waals surface area contributed by atoms with Gasteiger partial charge in [-0.1, -0.05) is 18.2 Å². The maximum Gasteiger partial charge on any atom is 0.337 e. The number of carbonyl (C=O) groups excluding carboxylic acids is 2. The van der Waals surface area contributed by atoms with Crippen molar-refractivity contribution in [2.75, 3.05) is 26.9 Å². The van der Waals surface area contributed by atoms with Crippen molar-refractivity contribution in [2.45, 2.75) is 39.6 Å². The fraction of sp³-hybridized carbons (Fsp3) is 0.303. The van der Waals surface area contributed by atoms with Gasteiger partial charge in [0.2, 0.25) is 0 Å². The average molecular weight is 790 g/mol. The number of ether oxygens (including phenoxy) is 5. The van der Waals surface area contributed by atoms with Crippen LogP contribution in [0.15, 0.2) is 71.0 Å². The Hall–Kier alpha value is -5.10. The molecule has 260 valence electrons. The van der Waals surface area contributed by atoms with E-state index in [9.17, 15) is 24.8 Å². The van der Waals surface area contributed by atoms with E-state index in [0.29, 0.717) is 58.6 Å². The maximum absolute atomic E-state index is 12.5. The molecule has 1 aliphatic rings. The summed E-state index contributed by atoms with van der Waals surface area (Å²) in [4.78, 5) is 35.3. The van der Waals surface area contributed by atoms with Gasteiger partial charge in [0.1, 0.15) is 13.2 Å². The number of benzene rings is 3. The summed E-state index contributed by atoms with van der Waals surface area (Å²) in [5.74, 6) is 1.03. The van der Waals surface area contributed by atoms with Crippen LogP contribution in [0.4, 0.5) is 10.5 Å². The number of hydrogen-bond acceptors (Lipinski definition) is 12. The van der Waals surface area contributed by atoms with Gasteiger partial charge in [0, 0.05) is 17.8 Å². The molecule has 15 nitrogen and oxygen atoms in total. The molecule has 0 unspecified atom stereocenters. The van der Waals surface area contributed by atoms with Crippen molar-refractivity contribution in [2.24, 2.45) is 5.10 Å². The Morgan fingerprint density at radius 2 is 1.84 bits per heavy atom. The van der Waals surface area contributed by atoms with Gasteiger partial charge in [-0.25, -0.2) is 9.59 Å². The molecule has 4 N–H and O–H groups in total.